The molecule has 1 amide bonds. The average Bonchev–Trinajstić information content (AvgIpc) is 2.43. The van der Waals surface area contributed by atoms with Crippen LogP contribution in [0.5, 0.6) is 0 Å². The highest BCUT2D eigenvalue weighted by Gasteiger charge is 2.25. The molecule has 0 atom stereocenters. The topological polar surface area (TPSA) is 54.0 Å². The Morgan fingerprint density at radius 3 is 2.41 bits per heavy atom. The van der Waals surface area contributed by atoms with Crippen LogP contribution in [0.15, 0.2) is 36.5 Å². The van der Waals surface area contributed by atoms with Crippen molar-refractivity contribution < 1.29 is 4.79 Å². The summed E-state index contributed by atoms with van der Waals surface area (Å²) in [4.78, 5) is 16.1. The Morgan fingerprint density at radius 1 is 1.14 bits per heavy atom. The Hall–Kier alpha value is -1.78. The van der Waals surface area contributed by atoms with Gasteiger partial charge < -0.3 is 10.6 Å². The Labute approximate surface area is 138 Å². The van der Waals surface area contributed by atoms with E-state index in [4.69, 9.17) is 23.2 Å². The highest BCUT2D eigenvalue weighted by molar-refractivity contribution is 6.39. The monoisotopic (exact) mass is 335 g/mol. The Morgan fingerprint density at radius 2 is 1.86 bits per heavy atom. The number of nitrogens with zero attached hydrogens (tertiary/aromatic N) is 1. The summed E-state index contributed by atoms with van der Waals surface area (Å²) >= 11 is 12.2. The van der Waals surface area contributed by atoms with E-state index in [-0.39, 0.29) is 11.8 Å². The van der Waals surface area contributed by atoms with Crippen LogP contribution < -0.4 is 10.6 Å². The number of amides is 1. The lowest BCUT2D eigenvalue weighted by molar-refractivity contribution is -0.122. The molecule has 3 rings (SSSR count). The van der Waals surface area contributed by atoms with Gasteiger partial charge in [-0.15, -0.1) is 0 Å². The second-order valence-corrected chi connectivity index (χ2v) is 6.09. The number of hydrogen-bond acceptors (Lipinski definition) is 3. The third-order valence-electron chi connectivity index (χ3n) is 3.72. The first kappa shape index (κ1) is 15.1. The molecular formula is C16H15Cl2N3O. The first-order valence-electron chi connectivity index (χ1n) is 7.11. The summed E-state index contributed by atoms with van der Waals surface area (Å²) in [6.07, 6.45) is 4.70. The fraction of sp³-hybridized carbons (Fsp3) is 0.250. The minimum absolute atomic E-state index is 0.0496. The van der Waals surface area contributed by atoms with E-state index in [0.717, 1.165) is 24.9 Å². The lowest BCUT2D eigenvalue weighted by Gasteiger charge is -2.23. The Kier molecular flexibility index (Phi) is 4.50. The predicted molar refractivity (Wildman–Crippen MR) is 90.0 cm³/mol. The molecular weight excluding hydrogens is 321 g/mol. The molecule has 1 saturated carbocycles. The molecule has 1 aliphatic carbocycles. The molecule has 22 heavy (non-hydrogen) atoms. The fourth-order valence-electron chi connectivity index (χ4n) is 2.20. The summed E-state index contributed by atoms with van der Waals surface area (Å²) in [6, 6.07) is 8.88. The standard InChI is InChI=1S/C16H15Cl2N3O/c17-12-5-2-6-13(18)15(12)20-11-7-8-14(19-9-11)21-16(22)10-3-1-4-10/h2,5-10,20H,1,3-4H2,(H,19,21,22). The van der Waals surface area contributed by atoms with E-state index in [2.05, 4.69) is 15.6 Å². The molecule has 1 heterocycles. The smallest absolute Gasteiger partial charge is 0.228 e. The number of aromatic nitrogens is 1. The van der Waals surface area contributed by atoms with Gasteiger partial charge in [-0.05, 0) is 37.1 Å². The fourth-order valence-corrected chi connectivity index (χ4v) is 2.69. The zero-order chi connectivity index (χ0) is 15.5. The van der Waals surface area contributed by atoms with Gasteiger partial charge in [0.25, 0.3) is 0 Å². The van der Waals surface area contributed by atoms with Crippen molar-refractivity contribution in [2.45, 2.75) is 19.3 Å². The third kappa shape index (κ3) is 3.34. The number of rotatable bonds is 4. The van der Waals surface area contributed by atoms with Gasteiger partial charge in [-0.1, -0.05) is 35.7 Å². The van der Waals surface area contributed by atoms with E-state index >= 15 is 0 Å². The number of halogens is 2. The van der Waals surface area contributed by atoms with Crippen LogP contribution >= 0.6 is 23.2 Å². The van der Waals surface area contributed by atoms with Gasteiger partial charge in [-0.2, -0.15) is 0 Å². The van der Waals surface area contributed by atoms with Crippen molar-refractivity contribution in [1.29, 1.82) is 0 Å². The van der Waals surface area contributed by atoms with E-state index in [9.17, 15) is 4.79 Å². The van der Waals surface area contributed by atoms with Crippen molar-refractivity contribution in [3.05, 3.63) is 46.6 Å². The molecule has 0 saturated heterocycles. The molecule has 4 nitrogen and oxygen atoms in total. The number of nitrogens with one attached hydrogen (secondary N) is 2. The molecule has 6 heteroatoms. The van der Waals surface area contributed by atoms with Gasteiger partial charge in [0.05, 0.1) is 27.6 Å². The van der Waals surface area contributed by atoms with Gasteiger partial charge in [0.15, 0.2) is 0 Å². The first-order chi connectivity index (χ1) is 10.6. The zero-order valence-electron chi connectivity index (χ0n) is 11.8. The van der Waals surface area contributed by atoms with Gasteiger partial charge in [-0.25, -0.2) is 4.98 Å². The van der Waals surface area contributed by atoms with Crippen molar-refractivity contribution in [1.82, 2.24) is 4.98 Å². The van der Waals surface area contributed by atoms with Crippen LogP contribution in [-0.2, 0) is 4.79 Å². The highest BCUT2D eigenvalue weighted by Crippen LogP contribution is 2.32. The molecule has 1 fully saturated rings. The Bertz CT molecular complexity index is 664. The van der Waals surface area contributed by atoms with Gasteiger partial charge in [0.1, 0.15) is 5.82 Å². The third-order valence-corrected chi connectivity index (χ3v) is 4.35. The number of benzene rings is 1. The quantitative estimate of drug-likeness (QED) is 0.837. The maximum Gasteiger partial charge on any atom is 0.228 e. The maximum absolute atomic E-state index is 11.9. The Balaban J connectivity index is 1.67. The number of hydrogen-bond donors (Lipinski definition) is 2. The average molecular weight is 336 g/mol. The maximum atomic E-state index is 11.9. The molecule has 0 aliphatic heterocycles. The van der Waals surface area contributed by atoms with E-state index in [1.807, 2.05) is 6.07 Å². The lowest BCUT2D eigenvalue weighted by atomic mass is 9.85. The highest BCUT2D eigenvalue weighted by atomic mass is 35.5. The van der Waals surface area contributed by atoms with E-state index in [1.54, 1.807) is 30.5 Å². The van der Waals surface area contributed by atoms with Crippen molar-refractivity contribution >= 4 is 46.3 Å². The summed E-state index contributed by atoms with van der Waals surface area (Å²) in [5.74, 6) is 0.739. The van der Waals surface area contributed by atoms with Crippen LogP contribution in [0.4, 0.5) is 17.2 Å². The molecule has 2 N–H and O–H groups in total. The summed E-state index contributed by atoms with van der Waals surface area (Å²) in [7, 11) is 0. The summed E-state index contributed by atoms with van der Waals surface area (Å²) < 4.78 is 0. The van der Waals surface area contributed by atoms with E-state index < -0.39 is 0 Å². The summed E-state index contributed by atoms with van der Waals surface area (Å²) in [5, 5.41) is 7.03. The lowest BCUT2D eigenvalue weighted by Crippen LogP contribution is -2.28. The molecule has 0 unspecified atom stereocenters. The van der Waals surface area contributed by atoms with Gasteiger partial charge >= 0.3 is 0 Å². The molecule has 2 aromatic rings. The van der Waals surface area contributed by atoms with Crippen LogP contribution in [0.1, 0.15) is 19.3 Å². The van der Waals surface area contributed by atoms with Gasteiger partial charge in [0, 0.05) is 5.92 Å². The number of anilines is 3. The molecule has 1 aromatic heterocycles. The minimum Gasteiger partial charge on any atom is -0.352 e. The second kappa shape index (κ2) is 6.55. The SMILES string of the molecule is O=C(Nc1ccc(Nc2c(Cl)cccc2Cl)cn1)C1CCC1. The number of para-hydroxylation sites is 1. The van der Waals surface area contributed by atoms with Crippen LogP contribution in [0.25, 0.3) is 0 Å². The second-order valence-electron chi connectivity index (χ2n) is 5.27. The molecule has 1 aromatic carbocycles. The number of carbonyl (C=O) groups excluding carboxylic acids is 1. The van der Waals surface area contributed by atoms with Crippen LogP contribution in [0.3, 0.4) is 0 Å². The molecule has 0 bridgehead atoms. The van der Waals surface area contributed by atoms with Crippen molar-refractivity contribution in [3.63, 3.8) is 0 Å². The van der Waals surface area contributed by atoms with Gasteiger partial charge in [-0.3, -0.25) is 4.79 Å². The van der Waals surface area contributed by atoms with Crippen LogP contribution in [0, 0.1) is 5.92 Å². The molecule has 114 valence electrons. The van der Waals surface area contributed by atoms with E-state index in [1.165, 1.54) is 0 Å². The molecule has 0 spiro atoms. The summed E-state index contributed by atoms with van der Waals surface area (Å²) in [5.41, 5.74) is 1.38. The normalized spacial score (nSPS) is 14.3. The predicted octanol–water partition coefficient (Wildman–Crippen LogP) is 4.87. The first-order valence-corrected chi connectivity index (χ1v) is 7.87. The number of carbonyl (C=O) groups is 1. The van der Waals surface area contributed by atoms with Crippen molar-refractivity contribution in [2.24, 2.45) is 5.92 Å². The van der Waals surface area contributed by atoms with Crippen molar-refractivity contribution in [3.8, 4) is 0 Å². The zero-order valence-corrected chi connectivity index (χ0v) is 13.3. The van der Waals surface area contributed by atoms with Gasteiger partial charge in [0.2, 0.25) is 5.91 Å². The van der Waals surface area contributed by atoms with Crippen molar-refractivity contribution in [2.75, 3.05) is 10.6 Å². The van der Waals surface area contributed by atoms with Crippen LogP contribution in [0.2, 0.25) is 10.0 Å². The molecule has 1 aliphatic rings. The number of pyridine rings is 1. The van der Waals surface area contributed by atoms with Crippen LogP contribution in [-0.4, -0.2) is 10.9 Å². The minimum atomic E-state index is 0.0496. The largest absolute Gasteiger partial charge is 0.352 e. The molecule has 0 radical (unpaired) electrons. The summed E-state index contributed by atoms with van der Waals surface area (Å²) in [6.45, 7) is 0. The van der Waals surface area contributed by atoms with E-state index in [0.29, 0.717) is 21.6 Å².